The van der Waals surface area contributed by atoms with Crippen LogP contribution in [-0.2, 0) is 19.2 Å². The largest absolute Gasteiger partial charge is 0.442 e. The van der Waals surface area contributed by atoms with Crippen molar-refractivity contribution in [3.8, 4) is 0 Å². The average molecular weight is 504 g/mol. The van der Waals surface area contributed by atoms with Gasteiger partial charge in [0.05, 0.1) is 37.6 Å². The van der Waals surface area contributed by atoms with Gasteiger partial charge in [-0.25, -0.2) is 25.2 Å². The molecule has 0 saturated carbocycles. The molecule has 2 aliphatic heterocycles. The van der Waals surface area contributed by atoms with Crippen LogP contribution < -0.4 is 26.7 Å². The highest BCUT2D eigenvalue weighted by molar-refractivity contribution is 5.90. The second-order valence-corrected chi connectivity index (χ2v) is 7.48. The summed E-state index contributed by atoms with van der Waals surface area (Å²) in [5.74, 6) is 2.95. The third-order valence-electron chi connectivity index (χ3n) is 5.13. The molecule has 0 spiro atoms. The zero-order valence-electron chi connectivity index (χ0n) is 18.5. The highest BCUT2D eigenvalue weighted by Crippen LogP contribution is 2.28. The predicted octanol–water partition coefficient (Wildman–Crippen LogP) is -0.564. The molecular formula is C19H27F3N8O5. The maximum absolute atomic E-state index is 15.0. The Bertz CT molecular complexity index is 975. The molecule has 0 aromatic heterocycles. The Labute approximate surface area is 199 Å². The minimum Gasteiger partial charge on any atom is -0.442 e. The highest BCUT2D eigenvalue weighted by atomic mass is 19.3. The van der Waals surface area contributed by atoms with E-state index in [-0.39, 0.29) is 58.7 Å². The molecule has 2 fully saturated rings. The Morgan fingerprint density at radius 3 is 2.80 bits per heavy atom. The summed E-state index contributed by atoms with van der Waals surface area (Å²) in [6.07, 6.45) is -3.89. The summed E-state index contributed by atoms with van der Waals surface area (Å²) in [6, 6.07) is 4.12. The average Bonchev–Trinajstić information content (AvgIpc) is 3.01. The molecule has 35 heavy (non-hydrogen) atoms. The number of nitrogens with zero attached hydrogens (tertiary/aromatic N) is 5. The summed E-state index contributed by atoms with van der Waals surface area (Å²) in [6.45, 7) is 0.148. The van der Waals surface area contributed by atoms with Crippen LogP contribution in [0.15, 0.2) is 23.3 Å². The second-order valence-electron chi connectivity index (χ2n) is 7.48. The molecular weight excluding hydrogens is 477 g/mol. The quantitative estimate of drug-likeness (QED) is 0.182. The number of nitrogens with one attached hydrogen (secondary N) is 1. The Morgan fingerprint density at radius 2 is 2.11 bits per heavy atom. The molecule has 5 N–H and O–H groups in total. The van der Waals surface area contributed by atoms with Gasteiger partial charge in [0, 0.05) is 14.5 Å². The van der Waals surface area contributed by atoms with Crippen molar-refractivity contribution in [3.05, 3.63) is 24.0 Å². The molecule has 0 bridgehead atoms. The monoisotopic (exact) mass is 504 g/mol. The molecule has 0 unspecified atom stereocenters. The molecule has 194 valence electrons. The number of cyclic esters (lactones) is 1. The first-order valence-electron chi connectivity index (χ1n) is 10.5. The topological polar surface area (TPSA) is 159 Å². The van der Waals surface area contributed by atoms with Gasteiger partial charge in [-0.2, -0.15) is 13.9 Å². The van der Waals surface area contributed by atoms with Crippen molar-refractivity contribution < 1.29 is 38.6 Å². The number of anilines is 2. The maximum Gasteiger partial charge on any atom is 0.414 e. The van der Waals surface area contributed by atoms with Gasteiger partial charge in [0.1, 0.15) is 24.8 Å². The normalized spacial score (nSPS) is 18.7. The Morgan fingerprint density at radius 1 is 1.34 bits per heavy atom. The van der Waals surface area contributed by atoms with Gasteiger partial charge in [0.15, 0.2) is 0 Å². The number of alkyl halides is 2. The first kappa shape index (κ1) is 25.8. The van der Waals surface area contributed by atoms with Crippen LogP contribution in [-0.4, -0.2) is 92.8 Å². The number of amides is 3. The van der Waals surface area contributed by atoms with Gasteiger partial charge in [-0.1, -0.05) is 0 Å². The van der Waals surface area contributed by atoms with Crippen LogP contribution in [0.2, 0.25) is 0 Å². The lowest BCUT2D eigenvalue weighted by Gasteiger charge is -2.24. The van der Waals surface area contributed by atoms with Gasteiger partial charge in [-0.15, -0.1) is 0 Å². The van der Waals surface area contributed by atoms with Crippen LogP contribution in [0.4, 0.5) is 29.3 Å². The minimum absolute atomic E-state index is 0. The number of halogens is 3. The van der Waals surface area contributed by atoms with Crippen molar-refractivity contribution in [2.45, 2.75) is 12.5 Å². The summed E-state index contributed by atoms with van der Waals surface area (Å²) < 4.78 is 44.6. The molecule has 0 radical (unpaired) electrons. The number of hydrazone groups is 1. The number of carbonyl (C=O) groups is 3. The van der Waals surface area contributed by atoms with Gasteiger partial charge in [-0.05, 0) is 18.2 Å². The van der Waals surface area contributed by atoms with Crippen molar-refractivity contribution in [1.82, 2.24) is 15.5 Å². The second kappa shape index (κ2) is 11.6. The van der Waals surface area contributed by atoms with Crippen molar-refractivity contribution in [2.24, 2.45) is 16.7 Å². The van der Waals surface area contributed by atoms with Crippen molar-refractivity contribution in [1.29, 1.82) is 0 Å². The zero-order valence-corrected chi connectivity index (χ0v) is 18.5. The van der Waals surface area contributed by atoms with Crippen molar-refractivity contribution in [2.75, 3.05) is 55.7 Å². The van der Waals surface area contributed by atoms with Crippen molar-refractivity contribution in [3.63, 3.8) is 0 Å². The molecule has 1 aromatic rings. The summed E-state index contributed by atoms with van der Waals surface area (Å²) in [5.41, 5.74) is 5.55. The van der Waals surface area contributed by atoms with Gasteiger partial charge in [0.25, 0.3) is 11.8 Å². The molecule has 2 saturated heterocycles. The molecule has 1 aromatic carbocycles. The number of hydroxylamine groups is 2. The van der Waals surface area contributed by atoms with E-state index in [1.807, 2.05) is 5.32 Å². The summed E-state index contributed by atoms with van der Waals surface area (Å²) in [7, 11) is 0. The number of rotatable bonds is 8. The zero-order chi connectivity index (χ0) is 25.5. The molecule has 13 nitrogen and oxygen atoms in total. The predicted molar refractivity (Wildman–Crippen MR) is 119 cm³/mol. The lowest BCUT2D eigenvalue weighted by atomic mass is 10.2. The van der Waals surface area contributed by atoms with E-state index in [1.54, 1.807) is 4.90 Å². The number of nitrogens with two attached hydrogens (primary N) is 2. The van der Waals surface area contributed by atoms with Crippen LogP contribution in [0.1, 0.15) is 1.43 Å². The number of hydrogen-bond donors (Lipinski definition) is 3. The number of benzene rings is 1. The van der Waals surface area contributed by atoms with E-state index in [0.717, 1.165) is 27.5 Å². The van der Waals surface area contributed by atoms with Crippen LogP contribution in [0.3, 0.4) is 0 Å². The van der Waals surface area contributed by atoms with E-state index in [2.05, 4.69) is 5.10 Å². The van der Waals surface area contributed by atoms with E-state index in [0.29, 0.717) is 0 Å². The molecule has 2 aliphatic rings. The molecule has 0 aliphatic carbocycles. The first-order valence-corrected chi connectivity index (χ1v) is 10.5. The van der Waals surface area contributed by atoms with Crippen LogP contribution in [0, 0.1) is 5.82 Å². The van der Waals surface area contributed by atoms with E-state index < -0.39 is 36.3 Å². The summed E-state index contributed by atoms with van der Waals surface area (Å²) >= 11 is 0. The van der Waals surface area contributed by atoms with E-state index in [4.69, 9.17) is 21.2 Å². The van der Waals surface area contributed by atoms with E-state index >= 15 is 0 Å². The Balaban J connectivity index is 0.00000456. The smallest absolute Gasteiger partial charge is 0.414 e. The van der Waals surface area contributed by atoms with Gasteiger partial charge in [-0.3, -0.25) is 19.3 Å². The summed E-state index contributed by atoms with van der Waals surface area (Å²) in [5, 5.41) is 7.50. The standard InChI is InChI=1S/C19H25F3N8O5.H2/c20-14-7-12(28-9-13(35-19(28)33)8-25-18(32)17(21)22)1-2-15(14)27-3-4-29(34-6-5-27)16(31)10-30(24)26-11-23;/h1-2,7,11,13,17H,3-6,8-10,24H2,(H2,23,26)(H,25,32);1H/t13-;/m0./s1. The lowest BCUT2D eigenvalue weighted by molar-refractivity contribution is -0.183. The molecule has 3 rings (SSSR count). The number of carbonyl (C=O) groups excluding carboxylic acids is 3. The number of hydrogen-bond acceptors (Lipinski definition) is 9. The molecule has 1 atom stereocenters. The highest BCUT2D eigenvalue weighted by Gasteiger charge is 2.33. The van der Waals surface area contributed by atoms with E-state index in [9.17, 15) is 27.6 Å². The molecule has 2 heterocycles. The Hall–Kier alpha value is -3.79. The Kier molecular flexibility index (Phi) is 8.53. The van der Waals surface area contributed by atoms with Crippen LogP contribution in [0.5, 0.6) is 0 Å². The van der Waals surface area contributed by atoms with Crippen molar-refractivity contribution >= 4 is 35.6 Å². The molecule has 3 amide bonds. The fraction of sp³-hybridized carbons (Fsp3) is 0.474. The molecule has 16 heteroatoms. The number of ether oxygens (including phenoxy) is 1. The fourth-order valence-corrected chi connectivity index (χ4v) is 3.48. The maximum atomic E-state index is 15.0. The van der Waals surface area contributed by atoms with E-state index in [1.165, 1.54) is 12.1 Å². The van der Waals surface area contributed by atoms with Crippen LogP contribution in [0.25, 0.3) is 0 Å². The van der Waals surface area contributed by atoms with Gasteiger partial charge >= 0.3 is 12.5 Å². The van der Waals surface area contributed by atoms with Gasteiger partial charge < -0.3 is 20.7 Å². The summed E-state index contributed by atoms with van der Waals surface area (Å²) in [4.78, 5) is 43.7. The lowest BCUT2D eigenvalue weighted by Crippen LogP contribution is -2.42. The SMILES string of the molecule is N/C=N\N(N)CC(=O)N1CCN(c2ccc(N3C[C@H](CNC(=O)C(F)F)OC3=O)cc2F)CCO1.[HH]. The first-order chi connectivity index (χ1) is 16.7. The third-order valence-corrected chi connectivity index (χ3v) is 5.13. The fourth-order valence-electron chi connectivity index (χ4n) is 3.48. The number of hydrazine groups is 1. The third kappa shape index (κ3) is 6.63. The van der Waals surface area contributed by atoms with Gasteiger partial charge in [0.2, 0.25) is 0 Å². The van der Waals surface area contributed by atoms with Crippen LogP contribution >= 0.6 is 0 Å². The minimum atomic E-state index is -3.18.